The molecule has 28 heavy (non-hydrogen) atoms. The predicted molar refractivity (Wildman–Crippen MR) is 111 cm³/mol. The molecule has 3 aromatic heterocycles. The number of anilines is 2. The summed E-state index contributed by atoms with van der Waals surface area (Å²) in [6.07, 6.45) is 3.90. The van der Waals surface area contributed by atoms with Crippen LogP contribution in [-0.4, -0.2) is 40.8 Å². The Morgan fingerprint density at radius 2 is 1.64 bits per heavy atom. The van der Waals surface area contributed by atoms with Crippen LogP contribution in [0.25, 0.3) is 16.8 Å². The summed E-state index contributed by atoms with van der Waals surface area (Å²) >= 11 is 0. The molecule has 1 N–H and O–H groups in total. The number of hydrogen-bond acceptors (Lipinski definition) is 4. The van der Waals surface area contributed by atoms with Crippen molar-refractivity contribution in [3.8, 4) is 11.1 Å². The maximum absolute atomic E-state index is 4.79. The third-order valence-corrected chi connectivity index (χ3v) is 5.30. The van der Waals surface area contributed by atoms with E-state index in [0.717, 1.165) is 54.5 Å². The Hall–Kier alpha value is -3.41. The maximum Gasteiger partial charge on any atom is 0.274 e. The molecule has 0 spiro atoms. The van der Waals surface area contributed by atoms with Crippen molar-refractivity contribution in [2.75, 3.05) is 36.0 Å². The van der Waals surface area contributed by atoms with Gasteiger partial charge < -0.3 is 4.90 Å². The zero-order chi connectivity index (χ0) is 18.9. The fourth-order valence-corrected chi connectivity index (χ4v) is 3.87. The van der Waals surface area contributed by atoms with Crippen molar-refractivity contribution in [2.45, 2.75) is 6.92 Å². The Labute approximate surface area is 164 Å². The summed E-state index contributed by atoms with van der Waals surface area (Å²) in [5, 5.41) is 4.68. The van der Waals surface area contributed by atoms with E-state index in [9.17, 15) is 0 Å². The Balaban J connectivity index is 1.46. The van der Waals surface area contributed by atoms with E-state index in [1.165, 1.54) is 5.82 Å². The van der Waals surface area contributed by atoms with Gasteiger partial charge in [-0.05, 0) is 18.6 Å². The Kier molecular flexibility index (Phi) is 4.16. The molecule has 0 radical (unpaired) electrons. The van der Waals surface area contributed by atoms with Crippen LogP contribution < -0.4 is 14.8 Å². The molecule has 0 saturated carbocycles. The minimum atomic E-state index is 0.917. The van der Waals surface area contributed by atoms with Gasteiger partial charge in [0.2, 0.25) is 0 Å². The van der Waals surface area contributed by atoms with Crippen LogP contribution >= 0.6 is 0 Å². The van der Waals surface area contributed by atoms with Crippen molar-refractivity contribution in [2.24, 2.45) is 0 Å². The van der Waals surface area contributed by atoms with Gasteiger partial charge in [-0.15, -0.1) is 0 Å². The molecule has 1 fully saturated rings. The average molecular weight is 371 g/mol. The van der Waals surface area contributed by atoms with Crippen molar-refractivity contribution in [1.29, 1.82) is 0 Å². The number of hydrogen-bond donors (Lipinski definition) is 0. The number of nitrogens with one attached hydrogen (secondary N) is 1. The third-order valence-electron chi connectivity index (χ3n) is 5.30. The van der Waals surface area contributed by atoms with E-state index in [-0.39, 0.29) is 0 Å². The van der Waals surface area contributed by atoms with Crippen LogP contribution in [0.2, 0.25) is 0 Å². The quantitative estimate of drug-likeness (QED) is 0.556. The van der Waals surface area contributed by atoms with E-state index in [0.29, 0.717) is 0 Å². The molecule has 0 unspecified atom stereocenters. The highest BCUT2D eigenvalue weighted by atomic mass is 15.4. The molecule has 0 aliphatic carbocycles. The third kappa shape index (κ3) is 2.97. The van der Waals surface area contributed by atoms with Crippen LogP contribution in [0.3, 0.4) is 0 Å². The van der Waals surface area contributed by atoms with Crippen molar-refractivity contribution in [3.05, 3.63) is 72.7 Å². The monoisotopic (exact) mass is 371 g/mol. The first-order chi connectivity index (χ1) is 13.8. The van der Waals surface area contributed by atoms with Gasteiger partial charge in [0.25, 0.3) is 5.82 Å². The number of rotatable bonds is 3. The van der Waals surface area contributed by atoms with Gasteiger partial charge >= 0.3 is 0 Å². The smallest absolute Gasteiger partial charge is 0.274 e. The van der Waals surface area contributed by atoms with Crippen molar-refractivity contribution in [3.63, 3.8) is 0 Å². The average Bonchev–Trinajstić information content (AvgIpc) is 3.18. The number of H-pyrrole nitrogens is 1. The highest BCUT2D eigenvalue weighted by molar-refractivity contribution is 5.78. The lowest BCUT2D eigenvalue weighted by atomic mass is 10.1. The summed E-state index contributed by atoms with van der Waals surface area (Å²) in [5.41, 5.74) is 4.15. The zero-order valence-electron chi connectivity index (χ0n) is 15.9. The Morgan fingerprint density at radius 3 is 2.39 bits per heavy atom. The number of aromatic amines is 1. The van der Waals surface area contributed by atoms with E-state index in [2.05, 4.69) is 69.3 Å². The number of pyridine rings is 1. The maximum atomic E-state index is 4.79. The second-order valence-corrected chi connectivity index (χ2v) is 7.14. The van der Waals surface area contributed by atoms with Gasteiger partial charge in [-0.1, -0.05) is 36.4 Å². The zero-order valence-corrected chi connectivity index (χ0v) is 15.9. The summed E-state index contributed by atoms with van der Waals surface area (Å²) in [6, 6.07) is 18.7. The summed E-state index contributed by atoms with van der Waals surface area (Å²) < 4.78 is 1.99. The van der Waals surface area contributed by atoms with E-state index >= 15 is 0 Å². The molecule has 0 atom stereocenters. The molecular weight excluding hydrogens is 348 g/mol. The molecule has 1 aromatic carbocycles. The normalized spacial score (nSPS) is 14.6. The first kappa shape index (κ1) is 16.7. The number of nitrogens with zero attached hydrogens (tertiary/aromatic N) is 5. The molecular formula is C22H23N6+. The molecule has 1 aliphatic heterocycles. The molecule has 140 valence electrons. The van der Waals surface area contributed by atoms with Crippen LogP contribution in [0.15, 0.2) is 67.0 Å². The second-order valence-electron chi connectivity index (χ2n) is 7.14. The topological polar surface area (TPSA) is 50.8 Å². The number of aryl methyl sites for hydroxylation is 1. The van der Waals surface area contributed by atoms with E-state index in [1.807, 2.05) is 29.0 Å². The van der Waals surface area contributed by atoms with E-state index in [1.54, 1.807) is 0 Å². The number of fused-ring (bicyclic) bond motifs is 1. The molecule has 5 rings (SSSR count). The minimum Gasteiger partial charge on any atom is -0.349 e. The standard InChI is InChI=1S/C22H22N6/c1-17-15-21(27-13-11-26(12-14-27)20-9-5-6-10-23-20)28-22(25-17)19(16-24-28)18-7-3-2-4-8-18/h2-10,15-16H,11-14H2,1H3/p+1. The SMILES string of the molecule is Cc1cc(N2CCN(c3cccc[nH+]3)CC2)n2ncc(-c3ccccc3)c2n1. The van der Waals surface area contributed by atoms with Gasteiger partial charge in [0, 0.05) is 23.4 Å². The lowest BCUT2D eigenvalue weighted by Crippen LogP contribution is -2.48. The fraction of sp³-hybridized carbons (Fsp3) is 0.227. The summed E-state index contributed by atoms with van der Waals surface area (Å²) in [5.74, 6) is 2.28. The molecule has 4 heterocycles. The molecule has 6 nitrogen and oxygen atoms in total. The van der Waals surface area contributed by atoms with Crippen LogP contribution in [0.5, 0.6) is 0 Å². The molecule has 1 saturated heterocycles. The number of piperazine rings is 1. The Morgan fingerprint density at radius 1 is 0.893 bits per heavy atom. The second kappa shape index (κ2) is 6.96. The van der Waals surface area contributed by atoms with Crippen LogP contribution in [0.1, 0.15) is 5.69 Å². The van der Waals surface area contributed by atoms with Gasteiger partial charge in [0.05, 0.1) is 25.5 Å². The molecule has 1 aliphatic rings. The van der Waals surface area contributed by atoms with Crippen molar-refractivity contribution in [1.82, 2.24) is 14.6 Å². The van der Waals surface area contributed by atoms with Crippen LogP contribution in [0.4, 0.5) is 11.6 Å². The molecule has 0 bridgehead atoms. The first-order valence-corrected chi connectivity index (χ1v) is 9.67. The van der Waals surface area contributed by atoms with E-state index in [4.69, 9.17) is 4.98 Å². The first-order valence-electron chi connectivity index (χ1n) is 9.67. The molecule has 6 heteroatoms. The summed E-state index contributed by atoms with van der Waals surface area (Å²) in [4.78, 5) is 12.9. The van der Waals surface area contributed by atoms with Gasteiger partial charge in [-0.2, -0.15) is 9.61 Å². The highest BCUT2D eigenvalue weighted by Crippen LogP contribution is 2.27. The summed E-state index contributed by atoms with van der Waals surface area (Å²) in [7, 11) is 0. The van der Waals surface area contributed by atoms with Crippen molar-refractivity contribution < 1.29 is 4.98 Å². The number of aromatic nitrogens is 4. The van der Waals surface area contributed by atoms with Crippen LogP contribution in [0, 0.1) is 6.92 Å². The lowest BCUT2D eigenvalue weighted by molar-refractivity contribution is -0.364. The molecule has 4 aromatic rings. The van der Waals surface area contributed by atoms with Crippen molar-refractivity contribution >= 4 is 17.3 Å². The lowest BCUT2D eigenvalue weighted by Gasteiger charge is -2.32. The van der Waals surface area contributed by atoms with Crippen LogP contribution in [-0.2, 0) is 0 Å². The highest BCUT2D eigenvalue weighted by Gasteiger charge is 2.25. The predicted octanol–water partition coefficient (Wildman–Crippen LogP) is 2.85. The fourth-order valence-electron chi connectivity index (χ4n) is 3.87. The number of benzene rings is 1. The largest absolute Gasteiger partial charge is 0.349 e. The van der Waals surface area contributed by atoms with Gasteiger partial charge in [-0.3, -0.25) is 4.90 Å². The van der Waals surface area contributed by atoms with Gasteiger partial charge in [0.15, 0.2) is 5.65 Å². The van der Waals surface area contributed by atoms with E-state index < -0.39 is 0 Å². The van der Waals surface area contributed by atoms with Gasteiger partial charge in [-0.25, -0.2) is 9.97 Å². The Bertz CT molecular complexity index is 1080. The molecule has 0 amide bonds. The minimum absolute atomic E-state index is 0.917. The van der Waals surface area contributed by atoms with Gasteiger partial charge in [0.1, 0.15) is 18.9 Å². The summed E-state index contributed by atoms with van der Waals surface area (Å²) in [6.45, 7) is 5.89.